The van der Waals surface area contributed by atoms with Crippen molar-refractivity contribution in [1.82, 2.24) is 5.32 Å². The van der Waals surface area contributed by atoms with Crippen molar-refractivity contribution in [3.63, 3.8) is 0 Å². The van der Waals surface area contributed by atoms with Crippen LogP contribution < -0.4 is 14.8 Å². The predicted molar refractivity (Wildman–Crippen MR) is 108 cm³/mol. The van der Waals surface area contributed by atoms with Gasteiger partial charge in [-0.05, 0) is 42.3 Å². The maximum atomic E-state index is 12.3. The van der Waals surface area contributed by atoms with Crippen LogP contribution in [-0.2, 0) is 4.79 Å². The summed E-state index contributed by atoms with van der Waals surface area (Å²) in [4.78, 5) is 34.4. The largest absolute Gasteiger partial charge is 0.493 e. The second-order valence-electron chi connectivity index (χ2n) is 6.03. The van der Waals surface area contributed by atoms with Gasteiger partial charge in [-0.15, -0.1) is 0 Å². The van der Waals surface area contributed by atoms with Crippen molar-refractivity contribution in [2.24, 2.45) is 0 Å². The van der Waals surface area contributed by atoms with Gasteiger partial charge >= 0.3 is 5.97 Å². The van der Waals surface area contributed by atoms with E-state index in [1.807, 2.05) is 13.0 Å². The summed E-state index contributed by atoms with van der Waals surface area (Å²) >= 11 is 0. The minimum absolute atomic E-state index is 0.0684. The molecule has 0 fully saturated rings. The number of carbonyl (C=O) groups excluding carboxylic acids is 2. The average molecular weight is 409 g/mol. The SMILES string of the molecule is CCCNC(=O)/C(C#N)=C/c1ccc(OC(=O)c2ccc([N+](=O)[O-])cc2)c(OC)c1. The lowest BCUT2D eigenvalue weighted by Crippen LogP contribution is -2.25. The Balaban J connectivity index is 2.22. The number of esters is 1. The van der Waals surface area contributed by atoms with Crippen molar-refractivity contribution in [2.75, 3.05) is 13.7 Å². The number of benzene rings is 2. The number of amides is 1. The van der Waals surface area contributed by atoms with Crippen molar-refractivity contribution >= 4 is 23.6 Å². The molecule has 0 heterocycles. The number of non-ortho nitro benzene ring substituents is 1. The molecule has 2 aromatic rings. The van der Waals surface area contributed by atoms with Gasteiger partial charge in [0.1, 0.15) is 11.6 Å². The highest BCUT2D eigenvalue weighted by Crippen LogP contribution is 2.30. The first-order chi connectivity index (χ1) is 14.4. The van der Waals surface area contributed by atoms with E-state index in [-0.39, 0.29) is 28.3 Å². The van der Waals surface area contributed by atoms with Gasteiger partial charge in [0.2, 0.25) is 0 Å². The Bertz CT molecular complexity index is 1020. The summed E-state index contributed by atoms with van der Waals surface area (Å²) in [6, 6.07) is 11.4. The maximum Gasteiger partial charge on any atom is 0.343 e. The molecule has 154 valence electrons. The molecule has 0 bridgehead atoms. The molecular weight excluding hydrogens is 390 g/mol. The molecule has 0 aliphatic heterocycles. The van der Waals surface area contributed by atoms with Gasteiger partial charge in [-0.25, -0.2) is 4.79 Å². The number of nitro groups is 1. The van der Waals surface area contributed by atoms with E-state index in [4.69, 9.17) is 9.47 Å². The Hall–Kier alpha value is -4.19. The first-order valence-electron chi connectivity index (χ1n) is 8.94. The molecular formula is C21H19N3O6. The zero-order valence-electron chi connectivity index (χ0n) is 16.4. The summed E-state index contributed by atoms with van der Waals surface area (Å²) in [6.45, 7) is 2.36. The van der Waals surface area contributed by atoms with Gasteiger partial charge in [0.05, 0.1) is 17.6 Å². The number of hydrogen-bond donors (Lipinski definition) is 1. The molecule has 0 aliphatic rings. The smallest absolute Gasteiger partial charge is 0.343 e. The molecule has 30 heavy (non-hydrogen) atoms. The fraction of sp³-hybridized carbons (Fsp3) is 0.190. The predicted octanol–water partition coefficient (Wildman–Crippen LogP) is 3.26. The van der Waals surface area contributed by atoms with Gasteiger partial charge in [0.15, 0.2) is 11.5 Å². The summed E-state index contributed by atoms with van der Waals surface area (Å²) in [5.41, 5.74) is 0.425. The summed E-state index contributed by atoms with van der Waals surface area (Å²) in [5.74, 6) is -0.868. The molecule has 0 saturated heterocycles. The van der Waals surface area contributed by atoms with Crippen LogP contribution in [0.25, 0.3) is 6.08 Å². The summed E-state index contributed by atoms with van der Waals surface area (Å²) in [7, 11) is 1.38. The van der Waals surface area contributed by atoms with Gasteiger partial charge in [0, 0.05) is 18.7 Å². The molecule has 0 atom stereocenters. The van der Waals surface area contributed by atoms with Crippen LogP contribution in [0.2, 0.25) is 0 Å². The van der Waals surface area contributed by atoms with Crippen LogP contribution in [0.5, 0.6) is 11.5 Å². The molecule has 9 nitrogen and oxygen atoms in total. The number of nitro benzene ring substituents is 1. The van der Waals surface area contributed by atoms with Gasteiger partial charge in [-0.1, -0.05) is 13.0 Å². The number of carbonyl (C=O) groups is 2. The van der Waals surface area contributed by atoms with Crippen LogP contribution in [0, 0.1) is 21.4 Å². The van der Waals surface area contributed by atoms with Crippen LogP contribution in [0.1, 0.15) is 29.3 Å². The Kier molecular flexibility index (Phi) is 7.65. The second kappa shape index (κ2) is 10.4. The third-order valence-electron chi connectivity index (χ3n) is 3.92. The van der Waals surface area contributed by atoms with Crippen LogP contribution >= 0.6 is 0 Å². The number of nitrogens with one attached hydrogen (secondary N) is 1. The molecule has 0 spiro atoms. The zero-order chi connectivity index (χ0) is 22.1. The molecule has 1 amide bonds. The Morgan fingerprint density at radius 2 is 1.90 bits per heavy atom. The van der Waals surface area contributed by atoms with E-state index in [9.17, 15) is 25.0 Å². The Labute approximate surface area is 172 Å². The number of methoxy groups -OCH3 is 1. The van der Waals surface area contributed by atoms with E-state index in [1.165, 1.54) is 49.6 Å². The number of rotatable bonds is 8. The lowest BCUT2D eigenvalue weighted by molar-refractivity contribution is -0.384. The maximum absolute atomic E-state index is 12.3. The summed E-state index contributed by atoms with van der Waals surface area (Å²) < 4.78 is 10.5. The van der Waals surface area contributed by atoms with E-state index in [1.54, 1.807) is 6.07 Å². The van der Waals surface area contributed by atoms with Crippen molar-refractivity contribution in [2.45, 2.75) is 13.3 Å². The van der Waals surface area contributed by atoms with Crippen LogP contribution in [0.3, 0.4) is 0 Å². The molecule has 0 unspecified atom stereocenters. The molecule has 2 rings (SSSR count). The van der Waals surface area contributed by atoms with Crippen molar-refractivity contribution in [3.05, 3.63) is 69.3 Å². The lowest BCUT2D eigenvalue weighted by Gasteiger charge is -2.10. The minimum Gasteiger partial charge on any atom is -0.493 e. The van der Waals surface area contributed by atoms with E-state index >= 15 is 0 Å². The second-order valence-corrected chi connectivity index (χ2v) is 6.03. The summed E-state index contributed by atoms with van der Waals surface area (Å²) in [6.07, 6.45) is 2.14. The third kappa shape index (κ3) is 5.65. The molecule has 0 saturated carbocycles. The van der Waals surface area contributed by atoms with Gasteiger partial charge in [-0.3, -0.25) is 14.9 Å². The highest BCUT2D eigenvalue weighted by Gasteiger charge is 2.15. The molecule has 1 N–H and O–H groups in total. The topological polar surface area (TPSA) is 132 Å². The molecule has 9 heteroatoms. The number of ether oxygens (including phenoxy) is 2. The Morgan fingerprint density at radius 1 is 1.20 bits per heavy atom. The van der Waals surface area contributed by atoms with Crippen molar-refractivity contribution in [3.8, 4) is 17.6 Å². The molecule has 0 radical (unpaired) electrons. The fourth-order valence-corrected chi connectivity index (χ4v) is 2.39. The number of nitrogens with zero attached hydrogens (tertiary/aromatic N) is 2. The third-order valence-corrected chi connectivity index (χ3v) is 3.92. The van der Waals surface area contributed by atoms with Crippen molar-refractivity contribution < 1.29 is 24.0 Å². The highest BCUT2D eigenvalue weighted by molar-refractivity contribution is 6.01. The standard InChI is InChI=1S/C21H19N3O6/c1-3-10-23-20(25)16(13-22)11-14-4-9-18(19(12-14)29-2)30-21(26)15-5-7-17(8-6-15)24(27)28/h4-9,11-12H,3,10H2,1-2H3,(H,23,25)/b16-11+. The van der Waals surface area contributed by atoms with E-state index in [0.29, 0.717) is 12.1 Å². The van der Waals surface area contributed by atoms with Gasteiger partial charge in [0.25, 0.3) is 11.6 Å². The fourth-order valence-electron chi connectivity index (χ4n) is 2.39. The van der Waals surface area contributed by atoms with E-state index in [2.05, 4.69) is 5.32 Å². The number of hydrogen-bond acceptors (Lipinski definition) is 7. The summed E-state index contributed by atoms with van der Waals surface area (Å²) in [5, 5.41) is 22.5. The van der Waals surface area contributed by atoms with E-state index < -0.39 is 16.8 Å². The lowest BCUT2D eigenvalue weighted by atomic mass is 10.1. The van der Waals surface area contributed by atoms with Gasteiger partial charge < -0.3 is 14.8 Å². The normalized spacial score (nSPS) is 10.6. The van der Waals surface area contributed by atoms with Crippen molar-refractivity contribution in [1.29, 1.82) is 5.26 Å². The van der Waals surface area contributed by atoms with Crippen LogP contribution in [0.15, 0.2) is 48.0 Å². The average Bonchev–Trinajstić information content (AvgIpc) is 2.76. The first-order valence-corrected chi connectivity index (χ1v) is 8.94. The van der Waals surface area contributed by atoms with E-state index in [0.717, 1.165) is 6.42 Å². The Morgan fingerprint density at radius 3 is 2.47 bits per heavy atom. The highest BCUT2D eigenvalue weighted by atomic mass is 16.6. The van der Waals surface area contributed by atoms with Crippen LogP contribution in [-0.4, -0.2) is 30.5 Å². The van der Waals surface area contributed by atoms with Crippen LogP contribution in [0.4, 0.5) is 5.69 Å². The number of nitriles is 1. The monoisotopic (exact) mass is 409 g/mol. The molecule has 0 aromatic heterocycles. The zero-order valence-corrected chi connectivity index (χ0v) is 16.4. The molecule has 0 aliphatic carbocycles. The minimum atomic E-state index is -0.719. The molecule has 2 aromatic carbocycles. The van der Waals surface area contributed by atoms with Gasteiger partial charge in [-0.2, -0.15) is 5.26 Å². The quantitative estimate of drug-likeness (QED) is 0.177. The first kappa shape index (κ1) is 22.1.